The molecule has 102 valence electrons. The molecule has 0 aliphatic heterocycles. The van der Waals surface area contributed by atoms with Crippen molar-refractivity contribution in [3.05, 3.63) is 10.2 Å². The average molecular weight is 345 g/mol. The van der Waals surface area contributed by atoms with Gasteiger partial charge in [-0.25, -0.2) is 0 Å². The second-order valence-corrected chi connectivity index (χ2v) is 19.2. The van der Waals surface area contributed by atoms with Crippen LogP contribution in [-0.2, 0) is 0 Å². The predicted molar refractivity (Wildman–Crippen MR) is 84.3 cm³/mol. The standard InChI is InChI=1S/3C4H9.C4H7.Sn/c4*1-3-4-2;/h3*1,3-4H2,2H3;1,4H2,2H3;. The normalized spacial score (nSPS) is 11.8. The van der Waals surface area contributed by atoms with Crippen LogP contribution in [0.1, 0.15) is 72.6 Å². The van der Waals surface area contributed by atoms with Gasteiger partial charge in [-0.15, -0.1) is 0 Å². The molecule has 0 amide bonds. The van der Waals surface area contributed by atoms with Crippen LogP contribution in [0, 0.1) is 0 Å². The monoisotopic (exact) mass is 346 g/mol. The molecule has 0 saturated heterocycles. The summed E-state index contributed by atoms with van der Waals surface area (Å²) in [5, 5.41) is 0. The van der Waals surface area contributed by atoms with Crippen molar-refractivity contribution in [3.8, 4) is 0 Å². The van der Waals surface area contributed by atoms with E-state index in [0.29, 0.717) is 0 Å². The van der Waals surface area contributed by atoms with Gasteiger partial charge < -0.3 is 0 Å². The molecule has 0 nitrogen and oxygen atoms in total. The Morgan fingerprint density at radius 2 is 1.12 bits per heavy atom. The second kappa shape index (κ2) is 10.5. The number of allylic oxidation sites excluding steroid dienone is 1. The summed E-state index contributed by atoms with van der Waals surface area (Å²) < 4.78 is 6.47. The molecule has 0 bridgehead atoms. The molecule has 0 aromatic rings. The fourth-order valence-electron chi connectivity index (χ4n) is 2.83. The minimum absolute atomic E-state index is 1.26. The summed E-state index contributed by atoms with van der Waals surface area (Å²) in [5.41, 5.74) is 0. The van der Waals surface area contributed by atoms with E-state index in [1.807, 2.05) is 0 Å². The maximum atomic E-state index is 4.50. The molecule has 0 aliphatic rings. The zero-order chi connectivity index (χ0) is 13.1. The Labute approximate surface area is 114 Å². The van der Waals surface area contributed by atoms with E-state index < -0.39 is 18.4 Å². The molecule has 0 radical (unpaired) electrons. The van der Waals surface area contributed by atoms with Gasteiger partial charge in [-0.1, -0.05) is 0 Å². The minimum atomic E-state index is -1.99. The van der Waals surface area contributed by atoms with E-state index in [9.17, 15) is 0 Å². The SMILES string of the molecule is C=[C](CC)[Sn]([CH2]CCC)([CH2]CCC)[CH2]CCC. The van der Waals surface area contributed by atoms with Crippen molar-refractivity contribution >= 4 is 18.4 Å². The second-order valence-electron chi connectivity index (χ2n) is 5.55. The van der Waals surface area contributed by atoms with Crippen LogP contribution >= 0.6 is 0 Å². The van der Waals surface area contributed by atoms with Gasteiger partial charge >= 0.3 is 114 Å². The van der Waals surface area contributed by atoms with E-state index in [2.05, 4.69) is 34.3 Å². The Morgan fingerprint density at radius 3 is 1.35 bits per heavy atom. The molecular formula is C16H34Sn. The third-order valence-electron chi connectivity index (χ3n) is 4.20. The van der Waals surface area contributed by atoms with E-state index in [-0.39, 0.29) is 0 Å². The van der Waals surface area contributed by atoms with E-state index in [1.165, 1.54) is 44.9 Å². The number of rotatable bonds is 11. The average Bonchev–Trinajstić information content (AvgIpc) is 2.37. The van der Waals surface area contributed by atoms with Gasteiger partial charge in [0.1, 0.15) is 0 Å². The molecule has 17 heavy (non-hydrogen) atoms. The molecule has 0 aliphatic carbocycles. The van der Waals surface area contributed by atoms with E-state index in [1.54, 1.807) is 16.9 Å². The zero-order valence-electron chi connectivity index (χ0n) is 12.8. The fourth-order valence-corrected chi connectivity index (χ4v) is 19.0. The van der Waals surface area contributed by atoms with Gasteiger partial charge in [0.2, 0.25) is 0 Å². The summed E-state index contributed by atoms with van der Waals surface area (Å²) in [6, 6.07) is 0. The zero-order valence-corrected chi connectivity index (χ0v) is 15.6. The summed E-state index contributed by atoms with van der Waals surface area (Å²) in [5.74, 6) is 0. The van der Waals surface area contributed by atoms with Gasteiger partial charge in [-0.2, -0.15) is 0 Å². The third-order valence-corrected chi connectivity index (χ3v) is 20.7. The van der Waals surface area contributed by atoms with E-state index >= 15 is 0 Å². The molecule has 1 heteroatoms. The van der Waals surface area contributed by atoms with Crippen molar-refractivity contribution in [3.63, 3.8) is 0 Å². The van der Waals surface area contributed by atoms with Crippen molar-refractivity contribution in [2.24, 2.45) is 0 Å². The molecule has 0 N–H and O–H groups in total. The van der Waals surface area contributed by atoms with Gasteiger partial charge in [0.25, 0.3) is 0 Å². The first-order chi connectivity index (χ1) is 8.16. The van der Waals surface area contributed by atoms with Crippen LogP contribution in [0.4, 0.5) is 0 Å². The van der Waals surface area contributed by atoms with Crippen LogP contribution in [0.5, 0.6) is 0 Å². The van der Waals surface area contributed by atoms with Crippen LogP contribution in [0.25, 0.3) is 0 Å². The van der Waals surface area contributed by atoms with Gasteiger partial charge in [-0.3, -0.25) is 0 Å². The first-order valence-electron chi connectivity index (χ1n) is 7.85. The number of hydrogen-bond acceptors (Lipinski definition) is 0. The molecule has 0 aromatic heterocycles. The third kappa shape index (κ3) is 6.31. The van der Waals surface area contributed by atoms with E-state index in [0.717, 1.165) is 0 Å². The van der Waals surface area contributed by atoms with Crippen molar-refractivity contribution in [2.45, 2.75) is 86.0 Å². The quantitative estimate of drug-likeness (QED) is 0.383. The van der Waals surface area contributed by atoms with Crippen molar-refractivity contribution in [1.29, 1.82) is 0 Å². The van der Waals surface area contributed by atoms with Crippen LogP contribution in [0.3, 0.4) is 0 Å². The van der Waals surface area contributed by atoms with Gasteiger partial charge in [-0.05, 0) is 0 Å². The first-order valence-corrected chi connectivity index (χ1v) is 15.3. The maximum absolute atomic E-state index is 4.50. The van der Waals surface area contributed by atoms with Gasteiger partial charge in [0.15, 0.2) is 0 Å². The van der Waals surface area contributed by atoms with Gasteiger partial charge in [0.05, 0.1) is 0 Å². The Hall–Kier alpha value is 0.539. The van der Waals surface area contributed by atoms with Crippen molar-refractivity contribution in [1.82, 2.24) is 0 Å². The summed E-state index contributed by atoms with van der Waals surface area (Å²) in [7, 11) is 0. The summed E-state index contributed by atoms with van der Waals surface area (Å²) in [6.07, 6.45) is 9.75. The molecule has 0 saturated carbocycles. The summed E-state index contributed by atoms with van der Waals surface area (Å²) in [4.78, 5) is 0. The predicted octanol–water partition coefficient (Wildman–Crippen LogP) is 6.34. The molecule has 0 heterocycles. The molecule has 0 fully saturated rings. The summed E-state index contributed by atoms with van der Waals surface area (Å²) in [6.45, 7) is 13.8. The van der Waals surface area contributed by atoms with Crippen molar-refractivity contribution in [2.75, 3.05) is 0 Å². The first kappa shape index (κ1) is 17.5. The Morgan fingerprint density at radius 1 is 0.765 bits per heavy atom. The molecule has 0 spiro atoms. The topological polar surface area (TPSA) is 0 Å². The molecule has 0 rings (SSSR count). The molecular weight excluding hydrogens is 311 g/mol. The van der Waals surface area contributed by atoms with E-state index in [4.69, 9.17) is 0 Å². The molecule has 0 atom stereocenters. The van der Waals surface area contributed by atoms with Crippen molar-refractivity contribution < 1.29 is 0 Å². The number of unbranched alkanes of at least 4 members (excludes halogenated alkanes) is 3. The summed E-state index contributed by atoms with van der Waals surface area (Å²) >= 11 is -1.99. The van der Waals surface area contributed by atoms with Crippen LogP contribution in [0.2, 0.25) is 13.3 Å². The van der Waals surface area contributed by atoms with Gasteiger partial charge in [0, 0.05) is 0 Å². The Balaban J connectivity index is 4.70. The fraction of sp³-hybridized carbons (Fsp3) is 0.875. The Kier molecular flexibility index (Phi) is 10.8. The van der Waals surface area contributed by atoms with Crippen LogP contribution in [0.15, 0.2) is 10.2 Å². The van der Waals surface area contributed by atoms with Crippen LogP contribution in [-0.4, -0.2) is 18.4 Å². The Bertz CT molecular complexity index is 174. The van der Waals surface area contributed by atoms with Crippen LogP contribution < -0.4 is 0 Å². The molecule has 0 unspecified atom stereocenters. The number of hydrogen-bond donors (Lipinski definition) is 0. The molecule has 0 aromatic carbocycles.